The van der Waals surface area contributed by atoms with Crippen molar-refractivity contribution in [2.45, 2.75) is 6.92 Å². The molecule has 7 heteroatoms. The average Bonchev–Trinajstić information content (AvgIpc) is 2.60. The summed E-state index contributed by atoms with van der Waals surface area (Å²) in [6.07, 6.45) is 0. The third-order valence-electron chi connectivity index (χ3n) is 3.55. The number of benzene rings is 2. The van der Waals surface area contributed by atoms with Crippen LogP contribution in [-0.2, 0) is 9.59 Å². The number of carbonyl (C=O) groups is 2. The van der Waals surface area contributed by atoms with Crippen LogP contribution in [0.15, 0.2) is 42.5 Å². The Morgan fingerprint density at radius 3 is 2.62 bits per heavy atom. The predicted molar refractivity (Wildman–Crippen MR) is 104 cm³/mol. The SMILES string of the molecule is Cc1ccc(NC(=O)CNc2cccc(OCC(=O)N(C)C)c2)c(Cl)c1. The van der Waals surface area contributed by atoms with E-state index in [1.54, 1.807) is 44.4 Å². The lowest BCUT2D eigenvalue weighted by atomic mass is 10.2. The Morgan fingerprint density at radius 2 is 1.92 bits per heavy atom. The van der Waals surface area contributed by atoms with E-state index >= 15 is 0 Å². The number of nitrogens with one attached hydrogen (secondary N) is 2. The summed E-state index contributed by atoms with van der Waals surface area (Å²) in [7, 11) is 3.34. The van der Waals surface area contributed by atoms with Crippen molar-refractivity contribution >= 4 is 34.8 Å². The maximum atomic E-state index is 12.1. The number of ether oxygens (including phenoxy) is 1. The van der Waals surface area contributed by atoms with E-state index in [2.05, 4.69) is 10.6 Å². The predicted octanol–water partition coefficient (Wildman–Crippen LogP) is 3.17. The zero-order chi connectivity index (χ0) is 19.1. The van der Waals surface area contributed by atoms with Gasteiger partial charge in [-0.25, -0.2) is 0 Å². The second kappa shape index (κ2) is 9.10. The molecule has 0 aliphatic heterocycles. The Morgan fingerprint density at radius 1 is 1.15 bits per heavy atom. The summed E-state index contributed by atoms with van der Waals surface area (Å²) in [5.41, 5.74) is 2.31. The fourth-order valence-electron chi connectivity index (χ4n) is 2.07. The van der Waals surface area contributed by atoms with Gasteiger partial charge in [0.15, 0.2) is 6.61 Å². The number of halogens is 1. The van der Waals surface area contributed by atoms with Crippen molar-refractivity contribution in [2.24, 2.45) is 0 Å². The quantitative estimate of drug-likeness (QED) is 0.779. The van der Waals surface area contributed by atoms with Crippen LogP contribution < -0.4 is 15.4 Å². The number of hydrogen-bond acceptors (Lipinski definition) is 4. The van der Waals surface area contributed by atoms with Gasteiger partial charge in [0, 0.05) is 25.8 Å². The van der Waals surface area contributed by atoms with Crippen LogP contribution in [-0.4, -0.2) is 44.0 Å². The van der Waals surface area contributed by atoms with Crippen LogP contribution in [0, 0.1) is 6.92 Å². The molecule has 0 unspecified atom stereocenters. The minimum Gasteiger partial charge on any atom is -0.484 e. The number of aryl methyl sites for hydroxylation is 1. The van der Waals surface area contributed by atoms with Crippen LogP contribution in [0.3, 0.4) is 0 Å². The summed E-state index contributed by atoms with van der Waals surface area (Å²) in [6.45, 7) is 1.97. The van der Waals surface area contributed by atoms with E-state index in [0.717, 1.165) is 5.56 Å². The van der Waals surface area contributed by atoms with Gasteiger partial charge in [0.05, 0.1) is 17.3 Å². The van der Waals surface area contributed by atoms with Gasteiger partial charge < -0.3 is 20.3 Å². The van der Waals surface area contributed by atoms with E-state index in [0.29, 0.717) is 22.1 Å². The highest BCUT2D eigenvalue weighted by Gasteiger charge is 2.08. The molecule has 2 aromatic rings. The van der Waals surface area contributed by atoms with Gasteiger partial charge in [0.1, 0.15) is 5.75 Å². The molecule has 2 amide bonds. The zero-order valence-electron chi connectivity index (χ0n) is 15.0. The Kier molecular flexibility index (Phi) is 6.86. The number of carbonyl (C=O) groups excluding carboxylic acids is 2. The van der Waals surface area contributed by atoms with Crippen molar-refractivity contribution in [3.63, 3.8) is 0 Å². The summed E-state index contributed by atoms with van der Waals surface area (Å²) < 4.78 is 5.45. The molecule has 0 saturated heterocycles. The first-order valence-corrected chi connectivity index (χ1v) is 8.46. The highest BCUT2D eigenvalue weighted by atomic mass is 35.5. The summed E-state index contributed by atoms with van der Waals surface area (Å²) in [6, 6.07) is 12.5. The molecule has 0 heterocycles. The monoisotopic (exact) mass is 375 g/mol. The van der Waals surface area contributed by atoms with Crippen molar-refractivity contribution in [3.05, 3.63) is 53.1 Å². The molecule has 0 fully saturated rings. The van der Waals surface area contributed by atoms with Crippen molar-refractivity contribution in [1.29, 1.82) is 0 Å². The molecule has 6 nitrogen and oxygen atoms in total. The molecule has 0 aromatic heterocycles. The second-order valence-corrected chi connectivity index (χ2v) is 6.40. The van der Waals surface area contributed by atoms with E-state index in [4.69, 9.17) is 16.3 Å². The van der Waals surface area contributed by atoms with Crippen LogP contribution >= 0.6 is 11.6 Å². The van der Waals surface area contributed by atoms with Crippen LogP contribution in [0.25, 0.3) is 0 Å². The van der Waals surface area contributed by atoms with Crippen LogP contribution in [0.2, 0.25) is 5.02 Å². The fraction of sp³-hybridized carbons (Fsp3) is 0.263. The fourth-order valence-corrected chi connectivity index (χ4v) is 2.35. The average molecular weight is 376 g/mol. The lowest BCUT2D eigenvalue weighted by Gasteiger charge is -2.13. The van der Waals surface area contributed by atoms with E-state index in [1.165, 1.54) is 4.90 Å². The van der Waals surface area contributed by atoms with Crippen molar-refractivity contribution < 1.29 is 14.3 Å². The van der Waals surface area contributed by atoms with Gasteiger partial charge in [0.2, 0.25) is 5.91 Å². The Bertz CT molecular complexity index is 793. The van der Waals surface area contributed by atoms with Gasteiger partial charge in [-0.1, -0.05) is 23.7 Å². The Hall–Kier alpha value is -2.73. The molecule has 2 aromatic carbocycles. The molecule has 0 aliphatic carbocycles. The number of anilines is 2. The molecule has 2 rings (SSSR count). The number of nitrogens with zero attached hydrogens (tertiary/aromatic N) is 1. The minimum absolute atomic E-state index is 0.0388. The van der Waals surface area contributed by atoms with E-state index in [1.807, 2.05) is 19.1 Å². The molecule has 0 spiro atoms. The molecule has 2 N–H and O–H groups in total. The summed E-state index contributed by atoms with van der Waals surface area (Å²) >= 11 is 6.11. The summed E-state index contributed by atoms with van der Waals surface area (Å²) in [5.74, 6) is 0.203. The van der Waals surface area contributed by atoms with Crippen LogP contribution in [0.4, 0.5) is 11.4 Å². The van der Waals surface area contributed by atoms with Gasteiger partial charge >= 0.3 is 0 Å². The van der Waals surface area contributed by atoms with Gasteiger partial charge in [-0.3, -0.25) is 9.59 Å². The lowest BCUT2D eigenvalue weighted by molar-refractivity contribution is -0.130. The Balaban J connectivity index is 1.87. The molecular weight excluding hydrogens is 354 g/mol. The highest BCUT2D eigenvalue weighted by Crippen LogP contribution is 2.22. The summed E-state index contributed by atoms with van der Waals surface area (Å²) in [5, 5.41) is 6.28. The number of rotatable bonds is 7. The third-order valence-corrected chi connectivity index (χ3v) is 3.86. The first kappa shape index (κ1) is 19.6. The van der Waals surface area contributed by atoms with Crippen molar-refractivity contribution in [3.8, 4) is 5.75 Å². The van der Waals surface area contributed by atoms with E-state index < -0.39 is 0 Å². The first-order valence-electron chi connectivity index (χ1n) is 8.08. The van der Waals surface area contributed by atoms with Crippen molar-refractivity contribution in [2.75, 3.05) is 37.9 Å². The van der Waals surface area contributed by atoms with Crippen LogP contribution in [0.5, 0.6) is 5.75 Å². The molecule has 138 valence electrons. The molecule has 0 radical (unpaired) electrons. The molecule has 0 atom stereocenters. The maximum absolute atomic E-state index is 12.1. The van der Waals surface area contributed by atoms with Gasteiger partial charge in [0.25, 0.3) is 5.91 Å². The molecule has 0 saturated carbocycles. The third kappa shape index (κ3) is 5.97. The molecule has 26 heavy (non-hydrogen) atoms. The number of amides is 2. The van der Waals surface area contributed by atoms with Gasteiger partial charge in [-0.05, 0) is 36.8 Å². The number of likely N-dealkylation sites (N-methyl/N-ethyl adjacent to an activating group) is 1. The lowest BCUT2D eigenvalue weighted by Crippen LogP contribution is -2.27. The second-order valence-electron chi connectivity index (χ2n) is 5.99. The van der Waals surface area contributed by atoms with Crippen molar-refractivity contribution in [1.82, 2.24) is 4.90 Å². The molecule has 0 bridgehead atoms. The van der Waals surface area contributed by atoms with E-state index in [9.17, 15) is 9.59 Å². The van der Waals surface area contributed by atoms with Gasteiger partial charge in [-0.2, -0.15) is 0 Å². The normalized spacial score (nSPS) is 10.2. The maximum Gasteiger partial charge on any atom is 0.259 e. The summed E-state index contributed by atoms with van der Waals surface area (Å²) in [4.78, 5) is 25.1. The smallest absolute Gasteiger partial charge is 0.259 e. The zero-order valence-corrected chi connectivity index (χ0v) is 15.8. The number of hydrogen-bond donors (Lipinski definition) is 2. The molecule has 0 aliphatic rings. The molecular formula is C19H22ClN3O3. The Labute approximate surface area is 158 Å². The van der Waals surface area contributed by atoms with E-state index in [-0.39, 0.29) is 25.0 Å². The standard InChI is InChI=1S/C19H22ClN3O3/c1-13-7-8-17(16(20)9-13)22-18(24)11-21-14-5-4-6-15(10-14)26-12-19(25)23(2)3/h4-10,21H,11-12H2,1-3H3,(H,22,24). The van der Waals surface area contributed by atoms with Gasteiger partial charge in [-0.15, -0.1) is 0 Å². The largest absolute Gasteiger partial charge is 0.484 e. The first-order chi connectivity index (χ1) is 12.3. The topological polar surface area (TPSA) is 70.7 Å². The minimum atomic E-state index is -0.218. The highest BCUT2D eigenvalue weighted by molar-refractivity contribution is 6.33. The van der Waals surface area contributed by atoms with Crippen LogP contribution in [0.1, 0.15) is 5.56 Å².